The third-order valence-electron chi connectivity index (χ3n) is 5.54. The minimum Gasteiger partial charge on any atom is -0.356 e. The summed E-state index contributed by atoms with van der Waals surface area (Å²) in [5.41, 5.74) is 1.66. The Labute approximate surface area is 163 Å². The Balaban J connectivity index is 1.60. The van der Waals surface area contributed by atoms with Crippen LogP contribution in [0.3, 0.4) is 0 Å². The molecule has 2 N–H and O–H groups in total. The molecule has 5 nitrogen and oxygen atoms in total. The van der Waals surface area contributed by atoms with Gasteiger partial charge in [-0.1, -0.05) is 57.0 Å². The number of aliphatic imine (C=N–C) groups is 1. The van der Waals surface area contributed by atoms with Gasteiger partial charge in [0.2, 0.25) is 0 Å². The molecule has 1 aliphatic carbocycles. The minimum absolute atomic E-state index is 0.217. The minimum atomic E-state index is 0.217. The van der Waals surface area contributed by atoms with Gasteiger partial charge in [-0.25, -0.2) is 4.98 Å². The van der Waals surface area contributed by atoms with Crippen LogP contribution in [-0.4, -0.2) is 29.1 Å². The van der Waals surface area contributed by atoms with Crippen LogP contribution in [0.15, 0.2) is 47.7 Å². The number of hydrogen-bond donors (Lipinski definition) is 2. The lowest BCUT2D eigenvalue weighted by Gasteiger charge is -2.30. The normalized spacial score (nSPS) is 16.7. The predicted octanol–water partition coefficient (Wildman–Crippen LogP) is 3.72. The number of guanidine groups is 1. The van der Waals surface area contributed by atoms with Crippen LogP contribution in [0.1, 0.15) is 50.9 Å². The molecule has 0 radical (unpaired) electrons. The van der Waals surface area contributed by atoms with Gasteiger partial charge in [-0.3, -0.25) is 4.99 Å². The highest BCUT2D eigenvalue weighted by Crippen LogP contribution is 2.40. The van der Waals surface area contributed by atoms with E-state index in [1.54, 1.807) is 0 Å². The number of rotatable bonds is 7. The molecule has 2 aromatic rings. The molecule has 146 valence electrons. The zero-order valence-electron chi connectivity index (χ0n) is 16.9. The van der Waals surface area contributed by atoms with Gasteiger partial charge in [-0.2, -0.15) is 0 Å². The number of aromatic nitrogens is 2. The lowest BCUT2D eigenvalue weighted by molar-refractivity contribution is 0.431. The second-order valence-electron chi connectivity index (χ2n) is 8.02. The SMILES string of the molecule is CN=C(NCc1nccn1CC(C)C)NCC1(c2ccccc2)CCCC1. The summed E-state index contributed by atoms with van der Waals surface area (Å²) >= 11 is 0. The molecule has 0 unspecified atom stereocenters. The average Bonchev–Trinajstić information content (AvgIpc) is 3.33. The maximum atomic E-state index is 4.49. The maximum absolute atomic E-state index is 4.49. The molecular formula is C22H33N5. The van der Waals surface area contributed by atoms with Crippen molar-refractivity contribution in [1.29, 1.82) is 0 Å². The Kier molecular flexibility index (Phi) is 6.54. The summed E-state index contributed by atoms with van der Waals surface area (Å²) in [6, 6.07) is 10.9. The van der Waals surface area contributed by atoms with E-state index < -0.39 is 0 Å². The third kappa shape index (κ3) is 4.90. The molecule has 0 aliphatic heterocycles. The van der Waals surface area contributed by atoms with Gasteiger partial charge in [-0.05, 0) is 24.3 Å². The lowest BCUT2D eigenvalue weighted by Crippen LogP contribution is -2.44. The molecule has 1 aromatic heterocycles. The van der Waals surface area contributed by atoms with Gasteiger partial charge in [0.1, 0.15) is 5.82 Å². The number of nitrogens with zero attached hydrogens (tertiary/aromatic N) is 3. The van der Waals surface area contributed by atoms with E-state index in [1.807, 2.05) is 13.2 Å². The Hall–Kier alpha value is -2.30. The summed E-state index contributed by atoms with van der Waals surface area (Å²) in [5, 5.41) is 7.01. The summed E-state index contributed by atoms with van der Waals surface area (Å²) in [4.78, 5) is 8.91. The summed E-state index contributed by atoms with van der Waals surface area (Å²) in [5.74, 6) is 2.49. The molecule has 1 saturated carbocycles. The van der Waals surface area contributed by atoms with Gasteiger partial charge in [0.15, 0.2) is 5.96 Å². The summed E-state index contributed by atoms with van der Waals surface area (Å²) < 4.78 is 2.22. The second kappa shape index (κ2) is 9.07. The molecular weight excluding hydrogens is 334 g/mol. The molecule has 0 bridgehead atoms. The second-order valence-corrected chi connectivity index (χ2v) is 8.02. The van der Waals surface area contributed by atoms with E-state index in [2.05, 4.69) is 75.6 Å². The molecule has 0 saturated heterocycles. The van der Waals surface area contributed by atoms with E-state index >= 15 is 0 Å². The van der Waals surface area contributed by atoms with Gasteiger partial charge >= 0.3 is 0 Å². The summed E-state index contributed by atoms with van der Waals surface area (Å²) in [6.45, 7) is 7.03. The fourth-order valence-corrected chi connectivity index (χ4v) is 4.11. The Bertz CT molecular complexity index is 726. The predicted molar refractivity (Wildman–Crippen MR) is 112 cm³/mol. The molecule has 1 aliphatic rings. The number of hydrogen-bond acceptors (Lipinski definition) is 2. The third-order valence-corrected chi connectivity index (χ3v) is 5.54. The van der Waals surface area contributed by atoms with Crippen LogP contribution in [0, 0.1) is 5.92 Å². The lowest BCUT2D eigenvalue weighted by atomic mass is 9.79. The van der Waals surface area contributed by atoms with E-state index in [0.29, 0.717) is 12.5 Å². The molecule has 1 fully saturated rings. The quantitative estimate of drug-likeness (QED) is 0.579. The van der Waals surface area contributed by atoms with Crippen LogP contribution in [0.4, 0.5) is 0 Å². The van der Waals surface area contributed by atoms with E-state index in [9.17, 15) is 0 Å². The van der Waals surface area contributed by atoms with Gasteiger partial charge in [0, 0.05) is 37.9 Å². The van der Waals surface area contributed by atoms with Crippen molar-refractivity contribution in [2.75, 3.05) is 13.6 Å². The topological polar surface area (TPSA) is 54.2 Å². The molecule has 1 aromatic carbocycles. The smallest absolute Gasteiger partial charge is 0.191 e. The van der Waals surface area contributed by atoms with Crippen LogP contribution in [0.5, 0.6) is 0 Å². The van der Waals surface area contributed by atoms with Crippen molar-refractivity contribution < 1.29 is 0 Å². The average molecular weight is 368 g/mol. The zero-order chi connectivity index (χ0) is 19.1. The molecule has 3 rings (SSSR count). The summed E-state index contributed by atoms with van der Waals surface area (Å²) in [7, 11) is 1.83. The zero-order valence-corrected chi connectivity index (χ0v) is 16.9. The van der Waals surface area contributed by atoms with E-state index in [-0.39, 0.29) is 5.41 Å². The van der Waals surface area contributed by atoms with Crippen molar-refractivity contribution >= 4 is 5.96 Å². The Morgan fingerprint density at radius 3 is 2.59 bits per heavy atom. The van der Waals surface area contributed by atoms with Gasteiger partial charge in [0.05, 0.1) is 6.54 Å². The molecule has 1 heterocycles. The first-order chi connectivity index (χ1) is 13.1. The van der Waals surface area contributed by atoms with E-state index in [0.717, 1.165) is 24.9 Å². The van der Waals surface area contributed by atoms with Crippen LogP contribution < -0.4 is 10.6 Å². The van der Waals surface area contributed by atoms with Crippen molar-refractivity contribution in [3.63, 3.8) is 0 Å². The fraction of sp³-hybridized carbons (Fsp3) is 0.545. The molecule has 0 amide bonds. The highest BCUT2D eigenvalue weighted by molar-refractivity contribution is 5.79. The first kappa shape index (κ1) is 19.5. The largest absolute Gasteiger partial charge is 0.356 e. The van der Waals surface area contributed by atoms with Crippen molar-refractivity contribution in [2.45, 2.75) is 58.0 Å². The first-order valence-electron chi connectivity index (χ1n) is 10.1. The van der Waals surface area contributed by atoms with Crippen LogP contribution >= 0.6 is 0 Å². The molecule has 0 spiro atoms. The van der Waals surface area contributed by atoms with E-state index in [4.69, 9.17) is 0 Å². The molecule has 5 heteroatoms. The number of benzene rings is 1. The van der Waals surface area contributed by atoms with Crippen LogP contribution in [0.2, 0.25) is 0 Å². The van der Waals surface area contributed by atoms with Crippen LogP contribution in [-0.2, 0) is 18.5 Å². The highest BCUT2D eigenvalue weighted by Gasteiger charge is 2.35. The van der Waals surface area contributed by atoms with E-state index in [1.165, 1.54) is 31.2 Å². The van der Waals surface area contributed by atoms with Crippen molar-refractivity contribution in [3.8, 4) is 0 Å². The first-order valence-corrected chi connectivity index (χ1v) is 10.1. The summed E-state index contributed by atoms with van der Waals surface area (Å²) in [6.07, 6.45) is 9.00. The van der Waals surface area contributed by atoms with Gasteiger partial charge in [-0.15, -0.1) is 0 Å². The van der Waals surface area contributed by atoms with Gasteiger partial charge in [0.25, 0.3) is 0 Å². The number of imidazole rings is 1. The van der Waals surface area contributed by atoms with Crippen molar-refractivity contribution in [3.05, 3.63) is 54.1 Å². The number of nitrogens with one attached hydrogen (secondary N) is 2. The Morgan fingerprint density at radius 1 is 1.19 bits per heavy atom. The van der Waals surface area contributed by atoms with Crippen LogP contribution in [0.25, 0.3) is 0 Å². The monoisotopic (exact) mass is 367 g/mol. The van der Waals surface area contributed by atoms with Gasteiger partial charge < -0.3 is 15.2 Å². The molecule has 0 atom stereocenters. The van der Waals surface area contributed by atoms with Crippen molar-refractivity contribution in [2.24, 2.45) is 10.9 Å². The highest BCUT2D eigenvalue weighted by atomic mass is 15.2. The standard InChI is InChI=1S/C22H33N5/c1-18(2)16-27-14-13-24-20(27)15-25-21(23-3)26-17-22(11-7-8-12-22)19-9-5-4-6-10-19/h4-6,9-10,13-14,18H,7-8,11-12,15-17H2,1-3H3,(H2,23,25,26). The maximum Gasteiger partial charge on any atom is 0.191 e. The fourth-order valence-electron chi connectivity index (χ4n) is 4.11. The Morgan fingerprint density at radius 2 is 1.93 bits per heavy atom. The molecule has 27 heavy (non-hydrogen) atoms. The van der Waals surface area contributed by atoms with Crippen molar-refractivity contribution in [1.82, 2.24) is 20.2 Å².